The van der Waals surface area contributed by atoms with Gasteiger partial charge in [0.05, 0.1) is 41.0 Å². The van der Waals surface area contributed by atoms with Crippen LogP contribution in [0.4, 0.5) is 17.6 Å². The van der Waals surface area contributed by atoms with E-state index >= 15 is 4.39 Å². The number of furan rings is 1. The van der Waals surface area contributed by atoms with E-state index in [1.807, 2.05) is 6.07 Å². The third-order valence-electron chi connectivity index (χ3n) is 6.98. The van der Waals surface area contributed by atoms with Crippen LogP contribution in [0, 0.1) is 12.7 Å². The SMILES string of the molecule is Cc1nc(C(F)(F)F)cn1-c1ccc(-c2cc(F)c(CO)c(S(C)(=O)=O)c2)cc1-n1nncc1-c1ccc2occc2c1. The predicted molar refractivity (Wildman–Crippen MR) is 148 cm³/mol. The molecule has 6 aromatic rings. The fourth-order valence-electron chi connectivity index (χ4n) is 4.93. The Labute approximate surface area is 241 Å². The molecule has 14 heteroatoms. The van der Waals surface area contributed by atoms with Crippen molar-refractivity contribution in [1.29, 1.82) is 0 Å². The van der Waals surface area contributed by atoms with Gasteiger partial charge in [0.15, 0.2) is 15.5 Å². The second-order valence-electron chi connectivity index (χ2n) is 9.81. The number of hydrogen-bond acceptors (Lipinski definition) is 7. The highest BCUT2D eigenvalue weighted by Crippen LogP contribution is 2.35. The summed E-state index contributed by atoms with van der Waals surface area (Å²) in [5.74, 6) is -0.887. The molecule has 0 aliphatic heterocycles. The summed E-state index contributed by atoms with van der Waals surface area (Å²) >= 11 is 0. The van der Waals surface area contributed by atoms with E-state index in [9.17, 15) is 26.7 Å². The van der Waals surface area contributed by atoms with Crippen molar-refractivity contribution < 1.29 is 35.5 Å². The van der Waals surface area contributed by atoms with Crippen molar-refractivity contribution in [2.75, 3.05) is 6.26 Å². The van der Waals surface area contributed by atoms with Crippen molar-refractivity contribution in [2.45, 2.75) is 24.6 Å². The van der Waals surface area contributed by atoms with E-state index in [0.29, 0.717) is 22.4 Å². The smallest absolute Gasteiger partial charge is 0.434 e. The lowest BCUT2D eigenvalue weighted by atomic mass is 10.0. The highest BCUT2D eigenvalue weighted by Gasteiger charge is 2.35. The molecule has 9 nitrogen and oxygen atoms in total. The summed E-state index contributed by atoms with van der Waals surface area (Å²) in [4.78, 5) is 3.30. The summed E-state index contributed by atoms with van der Waals surface area (Å²) in [6, 6.07) is 14.0. The first kappa shape index (κ1) is 28.3. The number of rotatable bonds is 6. The van der Waals surface area contributed by atoms with E-state index in [4.69, 9.17) is 4.42 Å². The zero-order chi connectivity index (χ0) is 30.7. The first-order chi connectivity index (χ1) is 20.3. The molecule has 3 aromatic carbocycles. The average molecular weight is 612 g/mol. The van der Waals surface area contributed by atoms with Crippen molar-refractivity contribution in [3.63, 3.8) is 0 Å². The average Bonchev–Trinajstić information content (AvgIpc) is 3.70. The minimum atomic E-state index is -4.69. The number of imidazole rings is 1. The number of halogens is 4. The second kappa shape index (κ2) is 10.2. The first-order valence-electron chi connectivity index (χ1n) is 12.6. The minimum Gasteiger partial charge on any atom is -0.464 e. The van der Waals surface area contributed by atoms with Gasteiger partial charge >= 0.3 is 6.18 Å². The molecule has 220 valence electrons. The fraction of sp³-hybridized carbons (Fsp3) is 0.138. The number of sulfone groups is 1. The normalized spacial score (nSPS) is 12.3. The number of alkyl halides is 3. The van der Waals surface area contributed by atoms with E-state index in [2.05, 4.69) is 15.3 Å². The van der Waals surface area contributed by atoms with Gasteiger partial charge in [0, 0.05) is 29.0 Å². The van der Waals surface area contributed by atoms with Gasteiger partial charge in [-0.25, -0.2) is 22.5 Å². The molecule has 0 aliphatic rings. The second-order valence-corrected chi connectivity index (χ2v) is 11.8. The summed E-state index contributed by atoms with van der Waals surface area (Å²) in [5, 5.41) is 18.7. The molecular formula is C29H21F4N5O4S. The molecule has 3 aromatic heterocycles. The summed E-state index contributed by atoms with van der Waals surface area (Å²) in [6.07, 6.45) is 0.0918. The molecule has 0 unspecified atom stereocenters. The maximum absolute atomic E-state index is 15.0. The van der Waals surface area contributed by atoms with Crippen LogP contribution in [0.2, 0.25) is 0 Å². The molecule has 0 aliphatic carbocycles. The lowest BCUT2D eigenvalue weighted by Crippen LogP contribution is -2.08. The van der Waals surface area contributed by atoms with Gasteiger partial charge in [-0.05, 0) is 66.6 Å². The molecule has 0 saturated carbocycles. The maximum atomic E-state index is 15.0. The van der Waals surface area contributed by atoms with Crippen molar-refractivity contribution >= 4 is 20.8 Å². The van der Waals surface area contributed by atoms with Crippen LogP contribution in [0.15, 0.2) is 82.6 Å². The highest BCUT2D eigenvalue weighted by molar-refractivity contribution is 7.90. The predicted octanol–water partition coefficient (Wildman–Crippen LogP) is 5.90. The molecule has 0 amide bonds. The molecule has 0 atom stereocenters. The Morgan fingerprint density at radius 3 is 2.44 bits per heavy atom. The Kier molecular flexibility index (Phi) is 6.69. The molecule has 0 fully saturated rings. The van der Waals surface area contributed by atoms with E-state index < -0.39 is 34.1 Å². The van der Waals surface area contributed by atoms with Crippen molar-refractivity contribution in [3.8, 4) is 33.8 Å². The van der Waals surface area contributed by atoms with Crippen LogP contribution in [0.1, 0.15) is 17.1 Å². The van der Waals surface area contributed by atoms with Crippen molar-refractivity contribution in [2.24, 2.45) is 0 Å². The van der Waals surface area contributed by atoms with E-state index in [-0.39, 0.29) is 33.2 Å². The number of aromatic nitrogens is 5. The number of aryl methyl sites for hydroxylation is 1. The van der Waals surface area contributed by atoms with Gasteiger partial charge in [0.25, 0.3) is 0 Å². The summed E-state index contributed by atoms with van der Waals surface area (Å²) in [5.41, 5.74) is 1.31. The van der Waals surface area contributed by atoms with Gasteiger partial charge in [0.1, 0.15) is 17.2 Å². The molecule has 0 spiro atoms. The van der Waals surface area contributed by atoms with Crippen LogP contribution in [0.3, 0.4) is 0 Å². The van der Waals surface area contributed by atoms with Crippen LogP contribution >= 0.6 is 0 Å². The number of hydrogen-bond donors (Lipinski definition) is 1. The van der Waals surface area contributed by atoms with Crippen LogP contribution < -0.4 is 0 Å². The topological polar surface area (TPSA) is 116 Å². The molecule has 1 N–H and O–H groups in total. The van der Waals surface area contributed by atoms with Gasteiger partial charge in [-0.2, -0.15) is 13.2 Å². The molecule has 3 heterocycles. The lowest BCUT2D eigenvalue weighted by Gasteiger charge is -2.17. The monoisotopic (exact) mass is 611 g/mol. The van der Waals surface area contributed by atoms with Gasteiger partial charge < -0.3 is 14.1 Å². The van der Waals surface area contributed by atoms with Crippen LogP contribution in [0.25, 0.3) is 44.7 Å². The Morgan fingerprint density at radius 1 is 0.977 bits per heavy atom. The molecule has 0 bridgehead atoms. The zero-order valence-corrected chi connectivity index (χ0v) is 23.3. The van der Waals surface area contributed by atoms with E-state index in [1.54, 1.807) is 18.2 Å². The van der Waals surface area contributed by atoms with Crippen LogP contribution in [-0.2, 0) is 22.6 Å². The summed E-state index contributed by atoms with van der Waals surface area (Å²) in [7, 11) is -3.93. The molecule has 0 saturated heterocycles. The third-order valence-corrected chi connectivity index (χ3v) is 8.14. The van der Waals surface area contributed by atoms with Gasteiger partial charge in [-0.1, -0.05) is 11.3 Å². The van der Waals surface area contributed by atoms with Crippen LogP contribution in [-0.4, -0.2) is 44.3 Å². The standard InChI is InChI=1S/C29H21F4N5O4S/c1-16-35-28(29(31,32)33)14-37(16)23-5-3-17(20-10-22(30)21(15-39)27(12-20)43(2,40)41)11-24(23)38-25(13-34-36-38)18-4-6-26-19(9-18)7-8-42-26/h3-14,39H,15H2,1-2H3. The lowest BCUT2D eigenvalue weighted by molar-refractivity contribution is -0.141. The molecule has 43 heavy (non-hydrogen) atoms. The Morgan fingerprint density at radius 2 is 1.74 bits per heavy atom. The number of nitrogens with zero attached hydrogens (tertiary/aromatic N) is 5. The van der Waals surface area contributed by atoms with Crippen LogP contribution in [0.5, 0.6) is 0 Å². The van der Waals surface area contributed by atoms with Crippen molar-refractivity contribution in [3.05, 3.63) is 96.2 Å². The zero-order valence-electron chi connectivity index (χ0n) is 22.5. The highest BCUT2D eigenvalue weighted by atomic mass is 32.2. The molecule has 6 rings (SSSR count). The van der Waals surface area contributed by atoms with Gasteiger partial charge in [-0.3, -0.25) is 0 Å². The largest absolute Gasteiger partial charge is 0.464 e. The Bertz CT molecular complexity index is 2130. The molecular weight excluding hydrogens is 590 g/mol. The van der Waals surface area contributed by atoms with Gasteiger partial charge in [0.2, 0.25) is 0 Å². The number of fused-ring (bicyclic) bond motifs is 1. The van der Waals surface area contributed by atoms with E-state index in [0.717, 1.165) is 23.9 Å². The Balaban J connectivity index is 1.60. The third kappa shape index (κ3) is 5.08. The number of aliphatic hydroxyl groups excluding tert-OH is 1. The Hall–Kier alpha value is -4.82. The fourth-order valence-corrected chi connectivity index (χ4v) is 5.88. The molecule has 0 radical (unpaired) electrons. The first-order valence-corrected chi connectivity index (χ1v) is 14.5. The maximum Gasteiger partial charge on any atom is 0.434 e. The van der Waals surface area contributed by atoms with Gasteiger partial charge in [-0.15, -0.1) is 5.10 Å². The summed E-state index contributed by atoms with van der Waals surface area (Å²) < 4.78 is 88.7. The minimum absolute atomic E-state index is 0.0421. The summed E-state index contributed by atoms with van der Waals surface area (Å²) in [6.45, 7) is 0.590. The quantitative estimate of drug-likeness (QED) is 0.233. The number of aliphatic hydroxyl groups is 1. The van der Waals surface area contributed by atoms with E-state index in [1.165, 1.54) is 52.9 Å². The number of benzene rings is 3. The van der Waals surface area contributed by atoms with Crippen molar-refractivity contribution in [1.82, 2.24) is 24.5 Å².